The molecule has 0 atom stereocenters. The number of nitrogens with two attached hydrogens (primary N) is 1. The maximum Gasteiger partial charge on any atom is 0.119 e. The van der Waals surface area contributed by atoms with Crippen molar-refractivity contribution in [3.63, 3.8) is 0 Å². The van der Waals surface area contributed by atoms with Gasteiger partial charge >= 0.3 is 0 Å². The Morgan fingerprint density at radius 3 is 1.65 bits per heavy atom. The van der Waals surface area contributed by atoms with Gasteiger partial charge in [0.1, 0.15) is 29.0 Å². The molecule has 3 heteroatoms. The van der Waals surface area contributed by atoms with Crippen LogP contribution in [0.25, 0.3) is 0 Å². The van der Waals surface area contributed by atoms with Gasteiger partial charge in [-0.15, -0.1) is 0 Å². The topological polar surface area (TPSA) is 52.3 Å². The quantitative estimate of drug-likeness (QED) is 0.722. The molecule has 1 aromatic carbocycles. The molecule has 0 saturated carbocycles. The van der Waals surface area contributed by atoms with Crippen LogP contribution >= 0.6 is 0 Å². The van der Waals surface area contributed by atoms with Crippen molar-refractivity contribution in [2.75, 3.05) is 5.73 Å². The monoisotopic (exact) mass is 267 g/mol. The smallest absolute Gasteiger partial charge is 0.119 e. The molecule has 0 aliphatic heterocycles. The van der Waals surface area contributed by atoms with Crippen molar-refractivity contribution >= 4 is 5.69 Å². The van der Waals surface area contributed by atoms with E-state index in [1.165, 1.54) is 0 Å². The standard InChI is InChI=1S/C17H17NO2/c1-11-3-9-15(19-11)17(16-10-4-12(2)20-16)13-5-7-14(18)8-6-13/h3-10,17H,18H2,1-2H3. The highest BCUT2D eigenvalue weighted by Gasteiger charge is 2.23. The fourth-order valence-corrected chi connectivity index (χ4v) is 2.37. The molecular formula is C17H17NO2. The van der Waals surface area contributed by atoms with Crippen molar-refractivity contribution in [1.82, 2.24) is 0 Å². The lowest BCUT2D eigenvalue weighted by molar-refractivity contribution is 0.428. The summed E-state index contributed by atoms with van der Waals surface area (Å²) < 4.78 is 11.6. The SMILES string of the molecule is Cc1ccc(C(c2ccc(N)cc2)c2ccc(C)o2)o1. The zero-order chi connectivity index (χ0) is 14.1. The molecule has 3 nitrogen and oxygen atoms in total. The van der Waals surface area contributed by atoms with E-state index >= 15 is 0 Å². The molecule has 3 aromatic rings. The molecule has 0 amide bonds. The molecule has 2 aromatic heterocycles. The molecule has 0 aliphatic carbocycles. The zero-order valence-corrected chi connectivity index (χ0v) is 11.6. The lowest BCUT2D eigenvalue weighted by atomic mass is 9.94. The summed E-state index contributed by atoms with van der Waals surface area (Å²) in [4.78, 5) is 0. The van der Waals surface area contributed by atoms with E-state index in [0.717, 1.165) is 34.3 Å². The number of aryl methyl sites for hydroxylation is 2. The van der Waals surface area contributed by atoms with E-state index < -0.39 is 0 Å². The Hall–Kier alpha value is -2.42. The zero-order valence-electron chi connectivity index (χ0n) is 11.6. The third-order valence-electron chi connectivity index (χ3n) is 3.36. The first-order valence-electron chi connectivity index (χ1n) is 6.61. The Bertz CT molecular complexity index is 666. The van der Waals surface area contributed by atoms with Crippen molar-refractivity contribution in [1.29, 1.82) is 0 Å². The van der Waals surface area contributed by atoms with E-state index in [9.17, 15) is 0 Å². The second kappa shape index (κ2) is 4.93. The van der Waals surface area contributed by atoms with E-state index in [0.29, 0.717) is 0 Å². The van der Waals surface area contributed by atoms with Gasteiger partial charge in [-0.25, -0.2) is 0 Å². The Balaban J connectivity index is 2.10. The molecule has 0 spiro atoms. The van der Waals surface area contributed by atoms with Gasteiger partial charge in [-0.3, -0.25) is 0 Å². The van der Waals surface area contributed by atoms with Gasteiger partial charge < -0.3 is 14.6 Å². The minimum absolute atomic E-state index is 0.0435. The number of benzene rings is 1. The highest BCUT2D eigenvalue weighted by atomic mass is 16.4. The number of nitrogen functional groups attached to an aromatic ring is 1. The van der Waals surface area contributed by atoms with Crippen molar-refractivity contribution in [3.8, 4) is 0 Å². The third kappa shape index (κ3) is 2.35. The van der Waals surface area contributed by atoms with Gasteiger partial charge in [0.05, 0.1) is 0 Å². The number of hydrogen-bond donors (Lipinski definition) is 1. The highest BCUT2D eigenvalue weighted by molar-refractivity contribution is 5.44. The van der Waals surface area contributed by atoms with Crippen LogP contribution in [0.3, 0.4) is 0 Å². The molecule has 0 radical (unpaired) electrons. The average Bonchev–Trinajstić information content (AvgIpc) is 3.02. The van der Waals surface area contributed by atoms with Crippen LogP contribution in [0, 0.1) is 13.8 Å². The van der Waals surface area contributed by atoms with Gasteiger partial charge in [-0.2, -0.15) is 0 Å². The van der Waals surface area contributed by atoms with Crippen LogP contribution in [0.1, 0.15) is 34.5 Å². The third-order valence-corrected chi connectivity index (χ3v) is 3.36. The molecule has 0 saturated heterocycles. The van der Waals surface area contributed by atoms with Crippen molar-refractivity contribution in [3.05, 3.63) is 77.1 Å². The minimum Gasteiger partial charge on any atom is -0.465 e. The minimum atomic E-state index is -0.0435. The van der Waals surface area contributed by atoms with Gasteiger partial charge in [-0.1, -0.05) is 12.1 Å². The summed E-state index contributed by atoms with van der Waals surface area (Å²) in [6.45, 7) is 3.88. The van der Waals surface area contributed by atoms with Crippen molar-refractivity contribution in [2.45, 2.75) is 19.8 Å². The molecule has 0 fully saturated rings. The van der Waals surface area contributed by atoms with E-state index in [1.54, 1.807) is 0 Å². The summed E-state index contributed by atoms with van der Waals surface area (Å²) in [6, 6.07) is 15.7. The van der Waals surface area contributed by atoms with Gasteiger partial charge in [0.25, 0.3) is 0 Å². The van der Waals surface area contributed by atoms with Crippen LogP contribution in [0.4, 0.5) is 5.69 Å². The van der Waals surface area contributed by atoms with Gasteiger partial charge in [0.2, 0.25) is 0 Å². The van der Waals surface area contributed by atoms with Gasteiger partial charge in [0.15, 0.2) is 0 Å². The number of rotatable bonds is 3. The normalized spacial score (nSPS) is 11.2. The molecular weight excluding hydrogens is 250 g/mol. The Morgan fingerprint density at radius 1 is 0.750 bits per heavy atom. The fraction of sp³-hybridized carbons (Fsp3) is 0.176. The first kappa shape index (κ1) is 12.6. The maximum absolute atomic E-state index is 5.80. The van der Waals surface area contributed by atoms with Crippen LogP contribution in [-0.2, 0) is 0 Å². The molecule has 20 heavy (non-hydrogen) atoms. The van der Waals surface area contributed by atoms with Gasteiger partial charge in [-0.05, 0) is 55.8 Å². The summed E-state index contributed by atoms with van der Waals surface area (Å²) in [7, 11) is 0. The van der Waals surface area contributed by atoms with Crippen molar-refractivity contribution < 1.29 is 8.83 Å². The molecule has 0 unspecified atom stereocenters. The lowest BCUT2D eigenvalue weighted by Gasteiger charge is -2.13. The predicted molar refractivity (Wildman–Crippen MR) is 78.7 cm³/mol. The first-order valence-corrected chi connectivity index (χ1v) is 6.61. The van der Waals surface area contributed by atoms with E-state index in [4.69, 9.17) is 14.6 Å². The molecule has 0 aliphatic rings. The van der Waals surface area contributed by atoms with Crippen LogP contribution in [0.2, 0.25) is 0 Å². The Kier molecular flexibility index (Phi) is 3.11. The number of hydrogen-bond acceptors (Lipinski definition) is 3. The summed E-state index contributed by atoms with van der Waals surface area (Å²) in [5.41, 5.74) is 7.61. The maximum atomic E-state index is 5.80. The molecule has 2 N–H and O–H groups in total. The fourth-order valence-electron chi connectivity index (χ4n) is 2.37. The average molecular weight is 267 g/mol. The van der Waals surface area contributed by atoms with Crippen molar-refractivity contribution in [2.24, 2.45) is 0 Å². The summed E-state index contributed by atoms with van der Waals surface area (Å²) in [6.07, 6.45) is 0. The van der Waals surface area contributed by atoms with E-state index in [2.05, 4.69) is 0 Å². The second-order valence-electron chi connectivity index (χ2n) is 5.00. The van der Waals surface area contributed by atoms with E-state index in [1.807, 2.05) is 62.4 Å². The largest absolute Gasteiger partial charge is 0.465 e. The molecule has 102 valence electrons. The summed E-state index contributed by atoms with van der Waals surface area (Å²) in [5, 5.41) is 0. The van der Waals surface area contributed by atoms with Crippen LogP contribution in [0.5, 0.6) is 0 Å². The Morgan fingerprint density at radius 2 is 1.25 bits per heavy atom. The van der Waals surface area contributed by atoms with Gasteiger partial charge in [0, 0.05) is 5.69 Å². The summed E-state index contributed by atoms with van der Waals surface area (Å²) in [5.74, 6) is 3.49. The van der Waals surface area contributed by atoms with E-state index in [-0.39, 0.29) is 5.92 Å². The Labute approximate surface area is 118 Å². The number of furan rings is 2. The lowest BCUT2D eigenvalue weighted by Crippen LogP contribution is -2.01. The molecule has 0 bridgehead atoms. The molecule has 3 rings (SSSR count). The predicted octanol–water partition coefficient (Wildman–Crippen LogP) is 4.25. The first-order chi connectivity index (χ1) is 9.63. The number of anilines is 1. The molecule has 2 heterocycles. The second-order valence-corrected chi connectivity index (χ2v) is 5.00. The highest BCUT2D eigenvalue weighted by Crippen LogP contribution is 2.34. The van der Waals surface area contributed by atoms with Crippen LogP contribution in [0.15, 0.2) is 57.4 Å². The van der Waals surface area contributed by atoms with Crippen LogP contribution in [-0.4, -0.2) is 0 Å². The van der Waals surface area contributed by atoms with Crippen LogP contribution < -0.4 is 5.73 Å². The summed E-state index contributed by atoms with van der Waals surface area (Å²) >= 11 is 0.